The number of non-ortho nitro benzene ring substituents is 1. The van der Waals surface area contributed by atoms with Gasteiger partial charge in [0, 0.05) is 17.7 Å². The number of thioether (sulfide) groups is 1. The van der Waals surface area contributed by atoms with Gasteiger partial charge in [0.15, 0.2) is 5.78 Å². The number of rotatable bonds is 6. The van der Waals surface area contributed by atoms with Crippen LogP contribution in [0.3, 0.4) is 0 Å². The number of carbonyl (C=O) groups is 1. The highest BCUT2D eigenvalue weighted by Crippen LogP contribution is 2.27. The van der Waals surface area contributed by atoms with E-state index in [4.69, 9.17) is 4.74 Å². The SMILES string of the molecule is COc1cc([N+](=O)[O-])ccc1C(=O)C(C)CSC. The third-order valence-electron chi connectivity index (χ3n) is 2.53. The van der Waals surface area contributed by atoms with Gasteiger partial charge in [-0.1, -0.05) is 6.92 Å². The van der Waals surface area contributed by atoms with Gasteiger partial charge < -0.3 is 4.74 Å². The Bertz CT molecular complexity index is 461. The molecule has 0 aliphatic carbocycles. The number of nitro benzene ring substituents is 1. The van der Waals surface area contributed by atoms with Crippen LogP contribution in [0.2, 0.25) is 0 Å². The lowest BCUT2D eigenvalue weighted by atomic mass is 10.00. The smallest absolute Gasteiger partial charge is 0.273 e. The molecule has 6 heteroatoms. The Hall–Kier alpha value is -1.56. The van der Waals surface area contributed by atoms with E-state index < -0.39 is 4.92 Å². The minimum atomic E-state index is -0.512. The van der Waals surface area contributed by atoms with Crippen molar-refractivity contribution in [1.82, 2.24) is 0 Å². The monoisotopic (exact) mass is 269 g/mol. The highest BCUT2D eigenvalue weighted by atomic mass is 32.2. The zero-order chi connectivity index (χ0) is 13.7. The molecule has 0 fully saturated rings. The number of hydrogen-bond acceptors (Lipinski definition) is 5. The molecule has 0 heterocycles. The summed E-state index contributed by atoms with van der Waals surface area (Å²) in [6, 6.07) is 4.05. The molecule has 0 saturated carbocycles. The zero-order valence-electron chi connectivity index (χ0n) is 10.5. The van der Waals surface area contributed by atoms with E-state index in [1.165, 1.54) is 25.3 Å². The van der Waals surface area contributed by atoms with Crippen LogP contribution in [-0.4, -0.2) is 29.8 Å². The second-order valence-corrected chi connectivity index (χ2v) is 4.77. The second-order valence-electron chi connectivity index (χ2n) is 3.86. The van der Waals surface area contributed by atoms with Crippen LogP contribution in [-0.2, 0) is 0 Å². The van der Waals surface area contributed by atoms with Crippen molar-refractivity contribution in [3.63, 3.8) is 0 Å². The van der Waals surface area contributed by atoms with Gasteiger partial charge in [-0.25, -0.2) is 0 Å². The maximum atomic E-state index is 12.1. The Labute approximate surface area is 110 Å². The Balaban J connectivity index is 3.09. The highest BCUT2D eigenvalue weighted by molar-refractivity contribution is 7.98. The Morgan fingerprint density at radius 2 is 2.22 bits per heavy atom. The van der Waals surface area contributed by atoms with Crippen molar-refractivity contribution < 1.29 is 14.5 Å². The lowest BCUT2D eigenvalue weighted by molar-refractivity contribution is -0.384. The van der Waals surface area contributed by atoms with E-state index in [1.807, 2.05) is 13.2 Å². The van der Waals surface area contributed by atoms with E-state index in [1.54, 1.807) is 11.8 Å². The number of hydrogen-bond donors (Lipinski definition) is 0. The summed E-state index contributed by atoms with van der Waals surface area (Å²) in [7, 11) is 1.40. The fraction of sp³-hybridized carbons (Fsp3) is 0.417. The van der Waals surface area contributed by atoms with Gasteiger partial charge >= 0.3 is 0 Å². The number of Topliss-reactive ketones (excluding diaryl/α,β-unsaturated/α-hetero) is 1. The van der Waals surface area contributed by atoms with Crippen LogP contribution in [0.15, 0.2) is 18.2 Å². The summed E-state index contributed by atoms with van der Waals surface area (Å²) >= 11 is 1.58. The number of nitro groups is 1. The molecule has 18 heavy (non-hydrogen) atoms. The maximum Gasteiger partial charge on any atom is 0.273 e. The second kappa shape index (κ2) is 6.39. The van der Waals surface area contributed by atoms with Crippen LogP contribution in [0.5, 0.6) is 5.75 Å². The molecule has 0 radical (unpaired) electrons. The van der Waals surface area contributed by atoms with Gasteiger partial charge in [0.05, 0.1) is 23.7 Å². The molecule has 0 amide bonds. The first-order chi connectivity index (χ1) is 8.51. The minimum absolute atomic E-state index is 0.0592. The number of methoxy groups -OCH3 is 1. The predicted octanol–water partition coefficient (Wildman–Crippen LogP) is 2.79. The molecular formula is C12H15NO4S. The largest absolute Gasteiger partial charge is 0.496 e. The molecule has 5 nitrogen and oxygen atoms in total. The zero-order valence-corrected chi connectivity index (χ0v) is 11.3. The molecule has 0 N–H and O–H groups in total. The molecule has 0 aliphatic rings. The van der Waals surface area contributed by atoms with Gasteiger partial charge in [-0.2, -0.15) is 11.8 Å². The van der Waals surface area contributed by atoms with Gasteiger partial charge in [0.2, 0.25) is 0 Å². The van der Waals surface area contributed by atoms with Gasteiger partial charge in [-0.3, -0.25) is 14.9 Å². The van der Waals surface area contributed by atoms with Crippen molar-refractivity contribution in [2.75, 3.05) is 19.1 Å². The average molecular weight is 269 g/mol. The van der Waals surface area contributed by atoms with Crippen LogP contribution in [0.1, 0.15) is 17.3 Å². The predicted molar refractivity (Wildman–Crippen MR) is 71.5 cm³/mol. The molecule has 1 atom stereocenters. The Morgan fingerprint density at radius 3 is 2.72 bits per heavy atom. The summed E-state index contributed by atoms with van der Waals surface area (Å²) in [5.41, 5.74) is 0.311. The Kier molecular flexibility index (Phi) is 5.15. The molecule has 0 aromatic heterocycles. The topological polar surface area (TPSA) is 69.4 Å². The van der Waals surface area contributed by atoms with Crippen LogP contribution in [0.4, 0.5) is 5.69 Å². The van der Waals surface area contributed by atoms with Crippen molar-refractivity contribution in [2.24, 2.45) is 5.92 Å². The third-order valence-corrected chi connectivity index (χ3v) is 3.36. The van der Waals surface area contributed by atoms with Crippen molar-refractivity contribution in [3.8, 4) is 5.75 Å². The summed E-state index contributed by atoms with van der Waals surface area (Å²) in [6.45, 7) is 1.83. The van der Waals surface area contributed by atoms with Crippen molar-refractivity contribution in [2.45, 2.75) is 6.92 Å². The van der Waals surface area contributed by atoms with Gasteiger partial charge in [-0.15, -0.1) is 0 Å². The molecule has 0 bridgehead atoms. The number of nitrogens with zero attached hydrogens (tertiary/aromatic N) is 1. The fourth-order valence-corrected chi connectivity index (χ4v) is 2.24. The van der Waals surface area contributed by atoms with Gasteiger partial charge in [0.1, 0.15) is 5.75 Å². The number of carbonyl (C=O) groups excluding carboxylic acids is 1. The van der Waals surface area contributed by atoms with E-state index in [-0.39, 0.29) is 23.1 Å². The van der Waals surface area contributed by atoms with Gasteiger partial charge in [0.25, 0.3) is 5.69 Å². The number of ketones is 1. The van der Waals surface area contributed by atoms with E-state index in [9.17, 15) is 14.9 Å². The summed E-state index contributed by atoms with van der Waals surface area (Å²) in [6.07, 6.45) is 1.93. The molecule has 0 aliphatic heterocycles. The number of ether oxygens (including phenoxy) is 1. The molecule has 1 rings (SSSR count). The molecule has 1 unspecified atom stereocenters. The van der Waals surface area contributed by atoms with E-state index in [2.05, 4.69) is 0 Å². The standard InChI is InChI=1S/C12H15NO4S/c1-8(7-18-3)12(14)10-5-4-9(13(15)16)6-11(10)17-2/h4-6,8H,7H2,1-3H3. The third kappa shape index (κ3) is 3.22. The normalized spacial score (nSPS) is 11.9. The highest BCUT2D eigenvalue weighted by Gasteiger charge is 2.21. The maximum absolute atomic E-state index is 12.1. The molecule has 0 saturated heterocycles. The molecule has 1 aromatic carbocycles. The summed E-state index contributed by atoms with van der Waals surface area (Å²) in [5, 5.41) is 10.6. The molecule has 0 spiro atoms. The summed E-state index contributed by atoms with van der Waals surface area (Å²) in [5.74, 6) is 0.757. The molecular weight excluding hydrogens is 254 g/mol. The van der Waals surface area contributed by atoms with E-state index >= 15 is 0 Å². The molecule has 1 aromatic rings. The summed E-state index contributed by atoms with van der Waals surface area (Å²) in [4.78, 5) is 22.3. The van der Waals surface area contributed by atoms with Crippen molar-refractivity contribution in [3.05, 3.63) is 33.9 Å². The van der Waals surface area contributed by atoms with E-state index in [0.717, 1.165) is 0 Å². The Morgan fingerprint density at radius 1 is 1.56 bits per heavy atom. The van der Waals surface area contributed by atoms with Crippen LogP contribution in [0, 0.1) is 16.0 Å². The van der Waals surface area contributed by atoms with Crippen LogP contribution in [0.25, 0.3) is 0 Å². The minimum Gasteiger partial charge on any atom is -0.496 e. The van der Waals surface area contributed by atoms with Gasteiger partial charge in [-0.05, 0) is 12.3 Å². The first-order valence-electron chi connectivity index (χ1n) is 5.36. The van der Waals surface area contributed by atoms with Crippen LogP contribution >= 0.6 is 11.8 Å². The lowest BCUT2D eigenvalue weighted by Crippen LogP contribution is -2.14. The fourth-order valence-electron chi connectivity index (χ4n) is 1.59. The van der Waals surface area contributed by atoms with Crippen molar-refractivity contribution in [1.29, 1.82) is 0 Å². The molecule has 98 valence electrons. The lowest BCUT2D eigenvalue weighted by Gasteiger charge is -2.11. The summed E-state index contributed by atoms with van der Waals surface area (Å²) < 4.78 is 5.05. The van der Waals surface area contributed by atoms with E-state index in [0.29, 0.717) is 11.3 Å². The quantitative estimate of drug-likeness (QED) is 0.451. The van der Waals surface area contributed by atoms with Crippen LogP contribution < -0.4 is 4.74 Å². The first kappa shape index (κ1) is 14.5. The number of benzene rings is 1. The first-order valence-corrected chi connectivity index (χ1v) is 6.76. The average Bonchev–Trinajstić information content (AvgIpc) is 2.37. The van der Waals surface area contributed by atoms with Crippen molar-refractivity contribution >= 4 is 23.2 Å².